The summed E-state index contributed by atoms with van der Waals surface area (Å²) in [6.45, 7) is -0.261. The van der Waals surface area contributed by atoms with Crippen LogP contribution in [0.25, 0.3) is 21.7 Å². The van der Waals surface area contributed by atoms with Crippen LogP contribution < -0.4 is 4.90 Å². The molecule has 4 aliphatic rings. The number of ketones is 2. The molecule has 1 unspecified atom stereocenters. The van der Waals surface area contributed by atoms with E-state index in [2.05, 4.69) is 0 Å². The van der Waals surface area contributed by atoms with Gasteiger partial charge in [-0.3, -0.25) is 33.7 Å². The van der Waals surface area contributed by atoms with Crippen molar-refractivity contribution in [2.75, 3.05) is 4.90 Å². The fourth-order valence-corrected chi connectivity index (χ4v) is 12.2. The number of nitrogens with zero attached hydrogens (tertiary/aromatic N) is 3. The first kappa shape index (κ1) is 40.8. The molecule has 4 amide bonds. The van der Waals surface area contributed by atoms with Gasteiger partial charge in [-0.05, 0) is 48.1 Å². The number of anilines is 1. The lowest BCUT2D eigenvalue weighted by Crippen LogP contribution is -2.39. The predicted octanol–water partition coefficient (Wildman–Crippen LogP) is 12.8. The van der Waals surface area contributed by atoms with Crippen molar-refractivity contribution in [2.24, 2.45) is 0 Å². The van der Waals surface area contributed by atoms with Crippen LogP contribution in [0.5, 0.6) is 0 Å². The summed E-state index contributed by atoms with van der Waals surface area (Å²) < 4.78 is 0. The molecule has 3 heterocycles. The van der Waals surface area contributed by atoms with Crippen LogP contribution in [0.2, 0.25) is 35.2 Å². The lowest BCUT2D eigenvalue weighted by molar-refractivity contribution is 0.0597. The molecule has 2 aliphatic carbocycles. The number of hydrogen-bond donors (Lipinski definition) is 0. The van der Waals surface area contributed by atoms with Crippen molar-refractivity contribution in [1.82, 2.24) is 9.88 Å². The number of imide groups is 2. The summed E-state index contributed by atoms with van der Waals surface area (Å²) in [6, 6.07) is 16.3. The number of hydrogen-bond acceptors (Lipinski definition) is 8. The van der Waals surface area contributed by atoms with E-state index in [1.54, 1.807) is 30.3 Å². The summed E-state index contributed by atoms with van der Waals surface area (Å²) in [6.07, 6.45) is 3.95. The summed E-state index contributed by atoms with van der Waals surface area (Å²) >= 11 is 47.4. The Hall–Kier alpha value is -4.23. The summed E-state index contributed by atoms with van der Waals surface area (Å²) in [7, 11) is 0. The molecule has 2 aliphatic heterocycles. The van der Waals surface area contributed by atoms with Gasteiger partial charge in [0.2, 0.25) is 0 Å². The third-order valence-corrected chi connectivity index (χ3v) is 16.4. The minimum atomic E-state index is -1.54. The van der Waals surface area contributed by atoms with Crippen LogP contribution in [0.4, 0.5) is 5.69 Å². The molecule has 304 valence electrons. The number of aromatic nitrogens is 1. The average Bonchev–Trinajstić information content (AvgIpc) is 3.94. The largest absolute Gasteiger partial charge is 0.293 e. The Balaban J connectivity index is 1.12. The van der Waals surface area contributed by atoms with Crippen LogP contribution in [0.3, 0.4) is 0 Å². The van der Waals surface area contributed by atoms with Crippen molar-refractivity contribution < 1.29 is 28.8 Å². The van der Waals surface area contributed by atoms with Gasteiger partial charge in [0.05, 0.1) is 80.9 Å². The molecule has 9 nitrogen and oxygen atoms in total. The molecule has 1 fully saturated rings. The van der Waals surface area contributed by atoms with Gasteiger partial charge in [0.1, 0.15) is 5.92 Å². The van der Waals surface area contributed by atoms with E-state index in [1.165, 1.54) is 30.0 Å². The van der Waals surface area contributed by atoms with Crippen molar-refractivity contribution in [2.45, 2.75) is 48.3 Å². The number of carbonyl (C=O) groups excluding carboxylic acids is 6. The molecule has 1 saturated carbocycles. The maximum Gasteiger partial charge on any atom is 0.267 e. The van der Waals surface area contributed by atoms with E-state index in [0.717, 1.165) is 40.9 Å². The average molecular weight is 969 g/mol. The smallest absolute Gasteiger partial charge is 0.267 e. The number of benzene rings is 5. The molecule has 0 bridgehead atoms. The lowest BCUT2D eigenvalue weighted by Gasteiger charge is -2.28. The van der Waals surface area contributed by atoms with E-state index >= 15 is 0 Å². The number of halogens is 7. The second-order valence-corrected chi connectivity index (χ2v) is 18.9. The van der Waals surface area contributed by atoms with E-state index in [4.69, 9.17) is 86.2 Å². The van der Waals surface area contributed by atoms with E-state index in [-0.39, 0.29) is 91.5 Å². The highest BCUT2D eigenvalue weighted by molar-refractivity contribution is 8.00. The van der Waals surface area contributed by atoms with Gasteiger partial charge in [0.15, 0.2) is 11.6 Å². The van der Waals surface area contributed by atoms with Gasteiger partial charge in [-0.2, -0.15) is 0 Å². The van der Waals surface area contributed by atoms with Crippen LogP contribution in [0.15, 0.2) is 65.6 Å². The first-order valence-electron chi connectivity index (χ1n) is 18.7. The molecule has 61 heavy (non-hydrogen) atoms. The molecule has 6 aromatic rings. The molecule has 0 N–H and O–H groups in total. The number of pyridine rings is 1. The maximum absolute atomic E-state index is 14.4. The van der Waals surface area contributed by atoms with Crippen LogP contribution >= 0.6 is 93.0 Å². The highest BCUT2D eigenvalue weighted by Crippen LogP contribution is 2.52. The van der Waals surface area contributed by atoms with Gasteiger partial charge in [0.25, 0.3) is 23.6 Å². The Labute approximate surface area is 385 Å². The number of thioether (sulfide) groups is 1. The topological polar surface area (TPSA) is 122 Å². The first-order chi connectivity index (χ1) is 29.2. The third kappa shape index (κ3) is 5.94. The summed E-state index contributed by atoms with van der Waals surface area (Å²) in [5.74, 6) is -5.78. The quantitative estimate of drug-likeness (QED) is 0.0700. The summed E-state index contributed by atoms with van der Waals surface area (Å²) in [5, 5.41) is 0.704. The number of amides is 4. The van der Waals surface area contributed by atoms with Crippen LogP contribution in [0, 0.1) is 0 Å². The minimum absolute atomic E-state index is 0.0242. The van der Waals surface area contributed by atoms with E-state index in [1.807, 2.05) is 12.1 Å². The van der Waals surface area contributed by atoms with Gasteiger partial charge in [-0.15, -0.1) is 11.8 Å². The highest BCUT2D eigenvalue weighted by Gasteiger charge is 2.47. The van der Waals surface area contributed by atoms with Crippen molar-refractivity contribution in [3.05, 3.63) is 140 Å². The lowest BCUT2D eigenvalue weighted by atomic mass is 9.93. The van der Waals surface area contributed by atoms with Gasteiger partial charge < -0.3 is 0 Å². The number of fused-ring (bicyclic) bond motifs is 3. The standard InChI is InChI=1S/C44H22Cl7N3O6S/c45-30-26-27(33(48)40(36(30)51)61-18-7-1-2-8-18)39(56)25(38(26)55)22-13-12-19-17(15-53-41(57)20-9-3-5-16-6-4-10-21(24(16)20)42(53)58)11-14-23(37(19)52-22)54-43(59)28-29(44(54)60)32(47)35(50)34(49)31(28)46/h3-6,9-14,18,25H,1-2,7-8,15H2. The van der Waals surface area contributed by atoms with Crippen LogP contribution in [0.1, 0.15) is 105 Å². The van der Waals surface area contributed by atoms with E-state index < -0.39 is 41.1 Å². The molecule has 17 heteroatoms. The van der Waals surface area contributed by atoms with Crippen LogP contribution in [-0.2, 0) is 6.54 Å². The molecule has 1 atom stereocenters. The molecule has 10 rings (SSSR count). The Bertz CT molecular complexity index is 3040. The second kappa shape index (κ2) is 15.0. The van der Waals surface area contributed by atoms with Gasteiger partial charge in [-0.1, -0.05) is 130 Å². The molecule has 0 radical (unpaired) electrons. The van der Waals surface area contributed by atoms with Crippen LogP contribution in [-0.4, -0.2) is 50.3 Å². The Morgan fingerprint density at radius 2 is 1.15 bits per heavy atom. The molecular weight excluding hydrogens is 947 g/mol. The molecular formula is C44H22Cl7N3O6S. The molecule has 0 spiro atoms. The Morgan fingerprint density at radius 3 is 1.74 bits per heavy atom. The zero-order chi connectivity index (χ0) is 42.9. The third-order valence-electron chi connectivity index (χ3n) is 11.7. The maximum atomic E-state index is 14.4. The Morgan fingerprint density at radius 1 is 0.590 bits per heavy atom. The SMILES string of the molecule is O=C1c2c(Cl)c(Cl)c(SC3CCCC3)c(Cl)c2C(=O)C1c1ccc2c(CN3C(=O)c4cccc5cccc(c45)C3=O)ccc(N3C(=O)c4c(Cl)c(Cl)c(Cl)c(Cl)c4C3=O)c2n1. The normalized spacial score (nSPS) is 17.5. The summed E-state index contributed by atoms with van der Waals surface area (Å²) in [4.78, 5) is 92.3. The van der Waals surface area contributed by atoms with Crippen molar-refractivity contribution >= 4 is 156 Å². The fraction of sp³-hybridized carbons (Fsp3) is 0.159. The summed E-state index contributed by atoms with van der Waals surface area (Å²) in [5.41, 5.74) is 0.0740. The second-order valence-electron chi connectivity index (χ2n) is 14.9. The van der Waals surface area contributed by atoms with Crippen molar-refractivity contribution in [3.8, 4) is 0 Å². The zero-order valence-corrected chi connectivity index (χ0v) is 36.9. The molecule has 0 saturated heterocycles. The number of carbonyl (C=O) groups is 6. The van der Waals surface area contributed by atoms with Gasteiger partial charge >= 0.3 is 0 Å². The van der Waals surface area contributed by atoms with Gasteiger partial charge in [-0.25, -0.2) is 9.88 Å². The zero-order valence-electron chi connectivity index (χ0n) is 30.8. The minimum Gasteiger partial charge on any atom is -0.293 e. The monoisotopic (exact) mass is 965 g/mol. The van der Waals surface area contributed by atoms with Gasteiger partial charge in [0, 0.05) is 32.0 Å². The Kier molecular flexibility index (Phi) is 10.0. The first-order valence-corrected chi connectivity index (χ1v) is 22.2. The fourth-order valence-electron chi connectivity index (χ4n) is 8.77. The number of rotatable bonds is 6. The number of Topliss-reactive ketones (excluding diaryl/α,β-unsaturated/α-hetero) is 2. The predicted molar refractivity (Wildman–Crippen MR) is 239 cm³/mol. The van der Waals surface area contributed by atoms with E-state index in [0.29, 0.717) is 27.0 Å². The van der Waals surface area contributed by atoms with E-state index in [9.17, 15) is 28.8 Å². The molecule has 1 aromatic heterocycles. The van der Waals surface area contributed by atoms with Crippen molar-refractivity contribution in [1.29, 1.82) is 0 Å². The van der Waals surface area contributed by atoms with Crippen molar-refractivity contribution in [3.63, 3.8) is 0 Å². The highest BCUT2D eigenvalue weighted by atomic mass is 35.5. The molecule has 5 aromatic carbocycles.